The molecule has 0 heterocycles. The van der Waals surface area contributed by atoms with Crippen LogP contribution in [0, 0.1) is 5.92 Å². The van der Waals surface area contributed by atoms with Gasteiger partial charge < -0.3 is 5.73 Å². The molecule has 1 aliphatic rings. The molecule has 0 aromatic heterocycles. The van der Waals surface area contributed by atoms with Gasteiger partial charge in [-0.15, -0.1) is 12.6 Å². The maximum atomic E-state index is 6.07. The van der Waals surface area contributed by atoms with Crippen LogP contribution in [0.5, 0.6) is 0 Å². The fraction of sp³-hybridized carbons (Fsp3) is 0.455. The Balaban J connectivity index is 2.04. The summed E-state index contributed by atoms with van der Waals surface area (Å²) in [7, 11) is 0. The van der Waals surface area contributed by atoms with E-state index in [1.807, 2.05) is 12.1 Å². The van der Waals surface area contributed by atoms with Crippen LogP contribution in [0.1, 0.15) is 30.9 Å². The van der Waals surface area contributed by atoms with Crippen molar-refractivity contribution >= 4 is 12.6 Å². The molecular weight excluding hydrogens is 178 g/mol. The van der Waals surface area contributed by atoms with Crippen molar-refractivity contribution in [2.24, 2.45) is 11.7 Å². The van der Waals surface area contributed by atoms with Gasteiger partial charge in [-0.3, -0.25) is 0 Å². The Morgan fingerprint density at radius 2 is 2.23 bits per heavy atom. The van der Waals surface area contributed by atoms with Crippen LogP contribution in [-0.2, 0) is 0 Å². The van der Waals surface area contributed by atoms with Crippen molar-refractivity contribution in [3.63, 3.8) is 0 Å². The van der Waals surface area contributed by atoms with Crippen LogP contribution in [0.2, 0.25) is 0 Å². The summed E-state index contributed by atoms with van der Waals surface area (Å²) in [6.07, 6.45) is 3.87. The van der Waals surface area contributed by atoms with E-state index in [0.29, 0.717) is 0 Å². The van der Waals surface area contributed by atoms with Crippen LogP contribution in [0.4, 0.5) is 0 Å². The number of thiol groups is 1. The van der Waals surface area contributed by atoms with Crippen LogP contribution >= 0.6 is 12.6 Å². The first-order valence-corrected chi connectivity index (χ1v) is 5.25. The van der Waals surface area contributed by atoms with Crippen molar-refractivity contribution in [1.82, 2.24) is 0 Å². The third kappa shape index (κ3) is 2.48. The summed E-state index contributed by atoms with van der Waals surface area (Å²) in [4.78, 5) is 1.00. The molecule has 1 aromatic rings. The SMILES string of the molecule is NC(CC1CC1)c1cccc(S)c1. The Labute approximate surface area is 84.7 Å². The Morgan fingerprint density at radius 1 is 1.46 bits per heavy atom. The molecule has 1 fully saturated rings. The first kappa shape index (κ1) is 9.10. The lowest BCUT2D eigenvalue weighted by atomic mass is 10.0. The van der Waals surface area contributed by atoms with Crippen LogP contribution in [-0.4, -0.2) is 0 Å². The van der Waals surface area contributed by atoms with E-state index in [1.165, 1.54) is 18.4 Å². The van der Waals surface area contributed by atoms with E-state index in [0.717, 1.165) is 17.2 Å². The fourth-order valence-corrected chi connectivity index (χ4v) is 1.84. The van der Waals surface area contributed by atoms with Crippen LogP contribution < -0.4 is 5.73 Å². The van der Waals surface area contributed by atoms with Crippen molar-refractivity contribution in [2.45, 2.75) is 30.2 Å². The molecule has 0 bridgehead atoms. The average molecular weight is 193 g/mol. The van der Waals surface area contributed by atoms with Gasteiger partial charge in [0, 0.05) is 10.9 Å². The normalized spacial score (nSPS) is 18.6. The number of rotatable bonds is 3. The molecule has 0 aliphatic heterocycles. The minimum absolute atomic E-state index is 0.208. The van der Waals surface area contributed by atoms with Crippen molar-refractivity contribution in [2.75, 3.05) is 0 Å². The van der Waals surface area contributed by atoms with Crippen LogP contribution in [0.25, 0.3) is 0 Å². The van der Waals surface area contributed by atoms with Gasteiger partial charge in [0.1, 0.15) is 0 Å². The Kier molecular flexibility index (Phi) is 2.61. The lowest BCUT2D eigenvalue weighted by Crippen LogP contribution is -2.10. The molecule has 1 saturated carbocycles. The zero-order chi connectivity index (χ0) is 9.26. The number of nitrogens with two attached hydrogens (primary N) is 1. The van der Waals surface area contributed by atoms with Gasteiger partial charge in [-0.2, -0.15) is 0 Å². The highest BCUT2D eigenvalue weighted by atomic mass is 32.1. The molecule has 13 heavy (non-hydrogen) atoms. The highest BCUT2D eigenvalue weighted by Gasteiger charge is 2.24. The summed E-state index contributed by atoms with van der Waals surface area (Å²) in [6, 6.07) is 8.36. The molecule has 70 valence electrons. The Hall–Kier alpha value is -0.470. The maximum Gasteiger partial charge on any atom is 0.0297 e. The minimum atomic E-state index is 0.208. The number of hydrogen-bond acceptors (Lipinski definition) is 2. The first-order chi connectivity index (χ1) is 6.25. The summed E-state index contributed by atoms with van der Waals surface area (Å²) in [5.41, 5.74) is 7.29. The van der Waals surface area contributed by atoms with Gasteiger partial charge in [0.05, 0.1) is 0 Å². The lowest BCUT2D eigenvalue weighted by Gasteiger charge is -2.11. The number of hydrogen-bond donors (Lipinski definition) is 2. The molecule has 0 spiro atoms. The molecule has 1 aromatic carbocycles. The van der Waals surface area contributed by atoms with Gasteiger partial charge in [0.15, 0.2) is 0 Å². The smallest absolute Gasteiger partial charge is 0.0297 e. The van der Waals surface area contributed by atoms with E-state index in [1.54, 1.807) is 0 Å². The van der Waals surface area contributed by atoms with E-state index in [4.69, 9.17) is 5.73 Å². The largest absolute Gasteiger partial charge is 0.324 e. The van der Waals surface area contributed by atoms with E-state index in [-0.39, 0.29) is 6.04 Å². The molecule has 0 saturated heterocycles. The second-order valence-corrected chi connectivity index (χ2v) is 4.40. The average Bonchev–Trinajstić information content (AvgIpc) is 2.88. The minimum Gasteiger partial charge on any atom is -0.324 e. The standard InChI is InChI=1S/C11H15NS/c12-11(6-8-4-5-8)9-2-1-3-10(13)7-9/h1-3,7-8,11,13H,4-6,12H2. The van der Waals surface area contributed by atoms with E-state index < -0.39 is 0 Å². The second kappa shape index (κ2) is 3.72. The summed E-state index contributed by atoms with van der Waals surface area (Å²) in [5.74, 6) is 0.888. The van der Waals surface area contributed by atoms with Crippen molar-refractivity contribution in [1.29, 1.82) is 0 Å². The third-order valence-electron chi connectivity index (χ3n) is 2.58. The molecule has 0 radical (unpaired) electrons. The lowest BCUT2D eigenvalue weighted by molar-refractivity contribution is 0.596. The van der Waals surface area contributed by atoms with Gasteiger partial charge in [0.2, 0.25) is 0 Å². The van der Waals surface area contributed by atoms with Gasteiger partial charge >= 0.3 is 0 Å². The van der Waals surface area contributed by atoms with Crippen molar-refractivity contribution in [3.05, 3.63) is 29.8 Å². The van der Waals surface area contributed by atoms with Crippen LogP contribution in [0.3, 0.4) is 0 Å². The van der Waals surface area contributed by atoms with E-state index in [9.17, 15) is 0 Å². The van der Waals surface area contributed by atoms with Crippen LogP contribution in [0.15, 0.2) is 29.2 Å². The maximum absolute atomic E-state index is 6.07. The predicted molar refractivity (Wildman–Crippen MR) is 58.0 cm³/mol. The quantitative estimate of drug-likeness (QED) is 0.709. The van der Waals surface area contributed by atoms with Gasteiger partial charge in [-0.25, -0.2) is 0 Å². The monoisotopic (exact) mass is 193 g/mol. The molecular formula is C11H15NS. The first-order valence-electron chi connectivity index (χ1n) is 4.80. The molecule has 1 nitrogen and oxygen atoms in total. The number of benzene rings is 1. The summed E-state index contributed by atoms with van der Waals surface area (Å²) < 4.78 is 0. The fourth-order valence-electron chi connectivity index (χ4n) is 1.60. The van der Waals surface area contributed by atoms with Gasteiger partial charge in [-0.05, 0) is 30.0 Å². The summed E-state index contributed by atoms with van der Waals surface area (Å²) in [5, 5.41) is 0. The van der Waals surface area contributed by atoms with Crippen molar-refractivity contribution in [3.8, 4) is 0 Å². The van der Waals surface area contributed by atoms with Gasteiger partial charge in [-0.1, -0.05) is 25.0 Å². The van der Waals surface area contributed by atoms with E-state index in [2.05, 4.69) is 24.8 Å². The van der Waals surface area contributed by atoms with Crippen molar-refractivity contribution < 1.29 is 0 Å². The molecule has 0 amide bonds. The predicted octanol–water partition coefficient (Wildman–Crippen LogP) is 2.78. The van der Waals surface area contributed by atoms with E-state index >= 15 is 0 Å². The molecule has 2 N–H and O–H groups in total. The second-order valence-electron chi connectivity index (χ2n) is 3.88. The molecule has 1 aliphatic carbocycles. The third-order valence-corrected chi connectivity index (χ3v) is 2.86. The Morgan fingerprint density at radius 3 is 2.85 bits per heavy atom. The summed E-state index contributed by atoms with van der Waals surface area (Å²) >= 11 is 4.30. The molecule has 2 rings (SSSR count). The molecule has 1 atom stereocenters. The topological polar surface area (TPSA) is 26.0 Å². The Bertz CT molecular complexity index is 294. The zero-order valence-electron chi connectivity index (χ0n) is 7.61. The van der Waals surface area contributed by atoms with Gasteiger partial charge in [0.25, 0.3) is 0 Å². The highest BCUT2D eigenvalue weighted by Crippen LogP contribution is 2.36. The summed E-state index contributed by atoms with van der Waals surface area (Å²) in [6.45, 7) is 0. The molecule has 2 heteroatoms. The molecule has 1 unspecified atom stereocenters. The zero-order valence-corrected chi connectivity index (χ0v) is 8.50. The highest BCUT2D eigenvalue weighted by molar-refractivity contribution is 7.80.